The fraction of sp³-hybridized carbons (Fsp3) is 0.250. The van der Waals surface area contributed by atoms with E-state index in [-0.39, 0.29) is 0 Å². The number of carbonyl (C=O) groups is 1. The highest BCUT2D eigenvalue weighted by Crippen LogP contribution is 1.71. The van der Waals surface area contributed by atoms with Gasteiger partial charge in [0.2, 0.25) is 5.71 Å². The number of aliphatic carboxylic acids is 1. The molecule has 0 spiro atoms. The molecule has 0 fully saturated rings. The summed E-state index contributed by atoms with van der Waals surface area (Å²) in [6.07, 6.45) is 0. The molecule has 0 rings (SSSR count). The van der Waals surface area contributed by atoms with E-state index in [4.69, 9.17) is 10.4 Å². The maximum absolute atomic E-state index is 9.81. The zero-order valence-electron chi connectivity index (χ0n) is 4.25. The average molecular weight is 112 g/mol. The Morgan fingerprint density at radius 1 is 1.88 bits per heavy atom. The lowest BCUT2D eigenvalue weighted by Gasteiger charge is -1.80. The second-order valence-corrected chi connectivity index (χ2v) is 0.989. The van der Waals surface area contributed by atoms with Crippen LogP contribution in [0.1, 0.15) is 0 Å². The first-order valence-electron chi connectivity index (χ1n) is 1.82. The van der Waals surface area contributed by atoms with Crippen LogP contribution in [0, 0.1) is 11.3 Å². The zero-order chi connectivity index (χ0) is 6.57. The predicted octanol–water partition coefficient (Wildman–Crippen LogP) is -0.335. The Bertz CT molecular complexity index is 165. The highest BCUT2D eigenvalue weighted by Gasteiger charge is 2.03. The molecule has 0 aromatic carbocycles. The van der Waals surface area contributed by atoms with Gasteiger partial charge in [-0.25, -0.2) is 4.79 Å². The van der Waals surface area contributed by atoms with E-state index in [1.807, 2.05) is 0 Å². The molecule has 0 bridgehead atoms. The number of hydrogen-bond donors (Lipinski definition) is 1. The minimum absolute atomic E-state index is 0.468. The number of carboxylic acid groups (broad SMARTS) is 1. The monoisotopic (exact) mass is 112 g/mol. The molecule has 4 nitrogen and oxygen atoms in total. The summed E-state index contributed by atoms with van der Waals surface area (Å²) in [5, 5.41) is 16.0. The Morgan fingerprint density at radius 3 is 2.38 bits per heavy atom. The lowest BCUT2D eigenvalue weighted by atomic mass is 10.4. The smallest absolute Gasteiger partial charge is 0.365 e. The third kappa shape index (κ3) is 1.39. The Kier molecular flexibility index (Phi) is 2.28. The summed E-state index contributed by atoms with van der Waals surface area (Å²) in [5.74, 6) is -1.28. The molecule has 8 heavy (non-hydrogen) atoms. The molecule has 42 valence electrons. The first-order valence-corrected chi connectivity index (χ1v) is 1.82. The summed E-state index contributed by atoms with van der Waals surface area (Å²) in [6.45, 7) is 0. The van der Waals surface area contributed by atoms with Crippen LogP contribution < -0.4 is 0 Å². The molecule has 4 heteroatoms. The molecule has 0 aromatic heterocycles. The summed E-state index contributed by atoms with van der Waals surface area (Å²) >= 11 is 0. The van der Waals surface area contributed by atoms with E-state index in [1.165, 1.54) is 13.1 Å². The Balaban J connectivity index is 4.20. The Hall–Kier alpha value is -1.37. The van der Waals surface area contributed by atoms with E-state index in [1.54, 1.807) is 0 Å². The summed E-state index contributed by atoms with van der Waals surface area (Å²) in [4.78, 5) is 13.0. The number of nitriles is 1. The second-order valence-electron chi connectivity index (χ2n) is 0.989. The molecule has 0 amide bonds. The van der Waals surface area contributed by atoms with Gasteiger partial charge in [0.05, 0.1) is 0 Å². The molecule has 0 atom stereocenters. The Morgan fingerprint density at radius 2 is 2.38 bits per heavy atom. The van der Waals surface area contributed by atoms with Gasteiger partial charge in [0.25, 0.3) is 0 Å². The lowest BCUT2D eigenvalue weighted by Crippen LogP contribution is -2.09. The van der Waals surface area contributed by atoms with Crippen LogP contribution in [0.15, 0.2) is 4.99 Å². The van der Waals surface area contributed by atoms with Gasteiger partial charge < -0.3 is 5.11 Å². The average Bonchev–Trinajstić information content (AvgIpc) is 1.69. The quantitative estimate of drug-likeness (QED) is 0.472. The van der Waals surface area contributed by atoms with Crippen molar-refractivity contribution in [3.8, 4) is 6.07 Å². The number of nitrogens with zero attached hydrogens (tertiary/aromatic N) is 2. The van der Waals surface area contributed by atoms with Crippen molar-refractivity contribution < 1.29 is 9.90 Å². The van der Waals surface area contributed by atoms with E-state index < -0.39 is 11.7 Å². The third-order valence-corrected chi connectivity index (χ3v) is 0.532. The van der Waals surface area contributed by atoms with Gasteiger partial charge in [-0.2, -0.15) is 5.26 Å². The fourth-order valence-corrected chi connectivity index (χ4v) is 0.193. The van der Waals surface area contributed by atoms with Crippen molar-refractivity contribution in [2.24, 2.45) is 4.99 Å². The lowest BCUT2D eigenvalue weighted by molar-refractivity contribution is -0.129. The topological polar surface area (TPSA) is 73.5 Å². The van der Waals surface area contributed by atoms with E-state index in [0.717, 1.165) is 0 Å². The molecular formula is C4H4N2O2. The normalized spacial score (nSPS) is 10.2. The maximum Gasteiger partial charge on any atom is 0.365 e. The van der Waals surface area contributed by atoms with Gasteiger partial charge in [-0.15, -0.1) is 0 Å². The fourth-order valence-electron chi connectivity index (χ4n) is 0.193. The molecule has 0 heterocycles. The number of rotatable bonds is 1. The molecule has 0 saturated heterocycles. The van der Waals surface area contributed by atoms with Crippen molar-refractivity contribution in [3.63, 3.8) is 0 Å². The van der Waals surface area contributed by atoms with E-state index in [2.05, 4.69) is 4.99 Å². The largest absolute Gasteiger partial charge is 0.476 e. The van der Waals surface area contributed by atoms with Crippen LogP contribution in [0.25, 0.3) is 0 Å². The van der Waals surface area contributed by atoms with Gasteiger partial charge in [0, 0.05) is 7.05 Å². The molecule has 0 aliphatic rings. The highest BCUT2D eigenvalue weighted by molar-refractivity contribution is 6.42. The first-order chi connectivity index (χ1) is 3.72. The molecular weight excluding hydrogens is 108 g/mol. The third-order valence-electron chi connectivity index (χ3n) is 0.532. The Labute approximate surface area is 46.1 Å². The van der Waals surface area contributed by atoms with Crippen molar-refractivity contribution >= 4 is 11.7 Å². The maximum atomic E-state index is 9.81. The van der Waals surface area contributed by atoms with Crippen LogP contribution >= 0.6 is 0 Å². The molecule has 0 radical (unpaired) electrons. The molecule has 0 unspecified atom stereocenters. The van der Waals surface area contributed by atoms with Gasteiger partial charge in [-0.1, -0.05) is 0 Å². The number of hydrogen-bond acceptors (Lipinski definition) is 3. The predicted molar refractivity (Wildman–Crippen MR) is 26.6 cm³/mol. The molecule has 0 aliphatic heterocycles. The SMILES string of the molecule is CN=C(C#N)C(=O)O. The van der Waals surface area contributed by atoms with Gasteiger partial charge in [0.1, 0.15) is 6.07 Å². The molecule has 1 N–H and O–H groups in total. The summed E-state index contributed by atoms with van der Waals surface area (Å²) in [5.41, 5.74) is -0.468. The summed E-state index contributed by atoms with van der Waals surface area (Å²) < 4.78 is 0. The van der Waals surface area contributed by atoms with Crippen molar-refractivity contribution in [3.05, 3.63) is 0 Å². The van der Waals surface area contributed by atoms with Gasteiger partial charge in [-0.3, -0.25) is 4.99 Å². The van der Waals surface area contributed by atoms with Crippen molar-refractivity contribution in [2.75, 3.05) is 7.05 Å². The zero-order valence-corrected chi connectivity index (χ0v) is 4.25. The van der Waals surface area contributed by atoms with Crippen LogP contribution in [0.4, 0.5) is 0 Å². The summed E-state index contributed by atoms with van der Waals surface area (Å²) in [7, 11) is 1.26. The minimum atomic E-state index is -1.28. The van der Waals surface area contributed by atoms with Crippen molar-refractivity contribution in [1.82, 2.24) is 0 Å². The van der Waals surface area contributed by atoms with E-state index >= 15 is 0 Å². The van der Waals surface area contributed by atoms with Crippen LogP contribution in [0.2, 0.25) is 0 Å². The van der Waals surface area contributed by atoms with Gasteiger partial charge >= 0.3 is 5.97 Å². The van der Waals surface area contributed by atoms with E-state index in [0.29, 0.717) is 0 Å². The van der Waals surface area contributed by atoms with Crippen LogP contribution in [0.5, 0.6) is 0 Å². The molecule has 0 aliphatic carbocycles. The van der Waals surface area contributed by atoms with Gasteiger partial charge in [0.15, 0.2) is 0 Å². The number of aliphatic imine (C=N–C) groups is 1. The highest BCUT2D eigenvalue weighted by atomic mass is 16.4. The minimum Gasteiger partial charge on any atom is -0.476 e. The first kappa shape index (κ1) is 6.63. The van der Waals surface area contributed by atoms with Crippen molar-refractivity contribution in [2.45, 2.75) is 0 Å². The molecule has 0 aromatic rings. The second kappa shape index (κ2) is 2.75. The standard InChI is InChI=1S/C4H4N2O2/c1-6-3(2-5)4(7)8/h1H3,(H,7,8). The number of carboxylic acids is 1. The van der Waals surface area contributed by atoms with Crippen molar-refractivity contribution in [1.29, 1.82) is 5.26 Å². The summed E-state index contributed by atoms with van der Waals surface area (Å²) in [6, 6.07) is 1.40. The van der Waals surface area contributed by atoms with E-state index in [9.17, 15) is 4.79 Å². The van der Waals surface area contributed by atoms with Crippen LogP contribution in [0.3, 0.4) is 0 Å². The van der Waals surface area contributed by atoms with Crippen LogP contribution in [-0.4, -0.2) is 23.8 Å². The molecule has 0 saturated carbocycles. The van der Waals surface area contributed by atoms with Gasteiger partial charge in [-0.05, 0) is 0 Å². The van der Waals surface area contributed by atoms with Crippen LogP contribution in [-0.2, 0) is 4.79 Å².